The Kier molecular flexibility index (Phi) is 7.22. The number of fused-ring (bicyclic) bond motifs is 5. The van der Waals surface area contributed by atoms with Crippen molar-refractivity contribution < 1.29 is 29.6 Å². The molecule has 3 N–H and O–H groups in total. The van der Waals surface area contributed by atoms with Crippen LogP contribution in [-0.4, -0.2) is 45.9 Å². The molecule has 6 heteroatoms. The highest BCUT2D eigenvalue weighted by Gasteiger charge is 2.64. The summed E-state index contributed by atoms with van der Waals surface area (Å²) >= 11 is 0. The van der Waals surface area contributed by atoms with Crippen LogP contribution in [0.1, 0.15) is 95.3 Å². The molecule has 4 fully saturated rings. The van der Waals surface area contributed by atoms with Crippen LogP contribution in [0.25, 0.3) is 0 Å². The number of hydrogen-bond acceptors (Lipinski definition) is 5. The third-order valence-electron chi connectivity index (χ3n) is 12.1. The van der Waals surface area contributed by atoms with Crippen LogP contribution in [0.4, 0.5) is 0 Å². The second-order valence-electron chi connectivity index (χ2n) is 13.7. The van der Waals surface area contributed by atoms with Crippen molar-refractivity contribution in [2.24, 2.45) is 46.3 Å². The van der Waals surface area contributed by atoms with Crippen LogP contribution in [0, 0.1) is 46.3 Å². The molecule has 0 heterocycles. The van der Waals surface area contributed by atoms with Gasteiger partial charge in [0.05, 0.1) is 18.8 Å². The second-order valence-corrected chi connectivity index (χ2v) is 13.7. The molecule has 38 heavy (non-hydrogen) atoms. The van der Waals surface area contributed by atoms with Gasteiger partial charge in [0, 0.05) is 6.42 Å². The lowest BCUT2D eigenvalue weighted by Crippen LogP contribution is -2.61. The number of carbonyl (C=O) groups is 2. The minimum absolute atomic E-state index is 0.00841. The molecule has 210 valence electrons. The van der Waals surface area contributed by atoms with Crippen molar-refractivity contribution in [2.45, 2.75) is 96.7 Å². The maximum Gasteiger partial charge on any atom is 0.303 e. The number of ketones is 1. The number of carboxylic acids is 1. The van der Waals surface area contributed by atoms with Gasteiger partial charge in [-0.1, -0.05) is 32.9 Å². The van der Waals surface area contributed by atoms with Crippen LogP contribution in [0.5, 0.6) is 5.75 Å². The van der Waals surface area contributed by atoms with E-state index in [0.29, 0.717) is 54.2 Å². The van der Waals surface area contributed by atoms with E-state index in [1.54, 1.807) is 25.3 Å². The van der Waals surface area contributed by atoms with Gasteiger partial charge in [0.15, 0.2) is 5.78 Å². The summed E-state index contributed by atoms with van der Waals surface area (Å²) in [5.74, 6) is 1.53. The SMILES string of the molecule is COc1ccccc1C(=O)[C@@]1(O)CC[C@@]2(C)C(C[C@@H](O)[C@H]3[C@@H]4CC[C@H]([C@H](C)CCC(=O)O)[C@@]4(C)CC[C@@H]32)C1. The summed E-state index contributed by atoms with van der Waals surface area (Å²) in [5, 5.41) is 32.6. The van der Waals surface area contributed by atoms with Gasteiger partial charge in [-0.05, 0) is 116 Å². The lowest BCUT2D eigenvalue weighted by molar-refractivity contribution is -0.182. The van der Waals surface area contributed by atoms with Gasteiger partial charge in [0.2, 0.25) is 0 Å². The Morgan fingerprint density at radius 3 is 2.47 bits per heavy atom. The standard InChI is InChI=1S/C32H46O6/c1-19(9-12-27(34)35)22-10-11-23-28-24(13-14-31(22,23)3)30(2)15-16-32(37,18-20(30)17-25(28)33)29(36)21-7-5-6-8-26(21)38-4/h5-8,19-20,22-25,28,33,37H,9-18H2,1-4H3,(H,34,35)/t19-,20?,22-,23+,24+,25-,28+,30+,31-,32-/m1/s1. The Morgan fingerprint density at radius 2 is 1.76 bits per heavy atom. The monoisotopic (exact) mass is 526 g/mol. The summed E-state index contributed by atoms with van der Waals surface area (Å²) in [6, 6.07) is 7.12. The fraction of sp³-hybridized carbons (Fsp3) is 0.750. The summed E-state index contributed by atoms with van der Waals surface area (Å²) < 4.78 is 5.42. The number of rotatable bonds is 7. The van der Waals surface area contributed by atoms with Gasteiger partial charge in [0.25, 0.3) is 0 Å². The van der Waals surface area contributed by atoms with Crippen LogP contribution >= 0.6 is 0 Å². The Hall–Kier alpha value is -1.92. The molecule has 0 aromatic heterocycles. The van der Waals surface area contributed by atoms with Crippen molar-refractivity contribution in [1.82, 2.24) is 0 Å². The molecule has 5 rings (SSSR count). The van der Waals surface area contributed by atoms with E-state index < -0.39 is 17.7 Å². The van der Waals surface area contributed by atoms with Crippen molar-refractivity contribution in [2.75, 3.05) is 7.11 Å². The molecule has 10 atom stereocenters. The first-order chi connectivity index (χ1) is 17.9. The molecule has 1 aromatic carbocycles. The molecule has 6 nitrogen and oxygen atoms in total. The molecular weight excluding hydrogens is 480 g/mol. The van der Waals surface area contributed by atoms with Crippen molar-refractivity contribution in [3.8, 4) is 5.75 Å². The van der Waals surface area contributed by atoms with E-state index in [1.165, 1.54) is 0 Å². The number of para-hydroxylation sites is 1. The topological polar surface area (TPSA) is 104 Å². The molecule has 0 bridgehead atoms. The third-order valence-corrected chi connectivity index (χ3v) is 12.1. The zero-order valence-corrected chi connectivity index (χ0v) is 23.5. The summed E-state index contributed by atoms with van der Waals surface area (Å²) in [6.07, 6.45) is 7.14. The molecule has 0 radical (unpaired) electrons. The average Bonchev–Trinajstić information content (AvgIpc) is 3.25. The van der Waals surface area contributed by atoms with E-state index >= 15 is 0 Å². The van der Waals surface area contributed by atoms with E-state index in [0.717, 1.165) is 38.5 Å². The van der Waals surface area contributed by atoms with Crippen LogP contribution in [-0.2, 0) is 4.79 Å². The molecular formula is C32H46O6. The number of aliphatic hydroxyl groups is 2. The largest absolute Gasteiger partial charge is 0.496 e. The number of carboxylic acid groups (broad SMARTS) is 1. The number of methoxy groups -OCH3 is 1. The van der Waals surface area contributed by atoms with Gasteiger partial charge in [-0.2, -0.15) is 0 Å². The number of ether oxygens (including phenoxy) is 1. The number of benzene rings is 1. The zero-order valence-electron chi connectivity index (χ0n) is 23.5. The molecule has 0 saturated heterocycles. The average molecular weight is 527 g/mol. The summed E-state index contributed by atoms with van der Waals surface area (Å²) in [6.45, 7) is 7.00. The smallest absolute Gasteiger partial charge is 0.303 e. The van der Waals surface area contributed by atoms with E-state index in [4.69, 9.17) is 4.74 Å². The molecule has 4 aliphatic carbocycles. The number of aliphatic carboxylic acids is 1. The highest BCUT2D eigenvalue weighted by Crippen LogP contribution is 2.69. The molecule has 1 unspecified atom stereocenters. The fourth-order valence-electron chi connectivity index (χ4n) is 10.0. The van der Waals surface area contributed by atoms with E-state index in [1.807, 2.05) is 6.07 Å². The van der Waals surface area contributed by atoms with Crippen LogP contribution < -0.4 is 4.74 Å². The van der Waals surface area contributed by atoms with Crippen molar-refractivity contribution in [1.29, 1.82) is 0 Å². The summed E-state index contributed by atoms with van der Waals surface area (Å²) in [4.78, 5) is 24.8. The van der Waals surface area contributed by atoms with Crippen molar-refractivity contribution in [3.63, 3.8) is 0 Å². The molecule has 0 spiro atoms. The quantitative estimate of drug-likeness (QED) is 0.392. The maximum absolute atomic E-state index is 13.6. The maximum atomic E-state index is 13.6. The van der Waals surface area contributed by atoms with Gasteiger partial charge < -0.3 is 20.1 Å². The molecule has 4 aliphatic rings. The van der Waals surface area contributed by atoms with Crippen molar-refractivity contribution in [3.05, 3.63) is 29.8 Å². The van der Waals surface area contributed by atoms with E-state index in [2.05, 4.69) is 20.8 Å². The van der Waals surface area contributed by atoms with E-state index in [9.17, 15) is 24.9 Å². The first kappa shape index (κ1) is 27.6. The highest BCUT2D eigenvalue weighted by atomic mass is 16.5. The van der Waals surface area contributed by atoms with Gasteiger partial charge in [0.1, 0.15) is 11.4 Å². The van der Waals surface area contributed by atoms with Gasteiger partial charge in [-0.25, -0.2) is 0 Å². The third kappa shape index (κ3) is 4.30. The number of aliphatic hydroxyl groups excluding tert-OH is 1. The summed E-state index contributed by atoms with van der Waals surface area (Å²) in [7, 11) is 1.54. The van der Waals surface area contributed by atoms with Crippen LogP contribution in [0.3, 0.4) is 0 Å². The number of Topliss-reactive ketones (excluding diaryl/α,β-unsaturated/α-hetero) is 1. The molecule has 4 saturated carbocycles. The zero-order chi connectivity index (χ0) is 27.5. The second kappa shape index (κ2) is 9.92. The number of hydrogen-bond donors (Lipinski definition) is 3. The first-order valence-electron chi connectivity index (χ1n) is 14.7. The summed E-state index contributed by atoms with van der Waals surface area (Å²) in [5.41, 5.74) is -0.880. The van der Waals surface area contributed by atoms with E-state index in [-0.39, 0.29) is 34.9 Å². The number of carbonyl (C=O) groups excluding carboxylic acids is 1. The predicted molar refractivity (Wildman–Crippen MR) is 145 cm³/mol. The van der Waals surface area contributed by atoms with Crippen LogP contribution in [0.2, 0.25) is 0 Å². The normalized spacial score (nSPS) is 42.9. The highest BCUT2D eigenvalue weighted by molar-refractivity contribution is 6.04. The first-order valence-corrected chi connectivity index (χ1v) is 14.7. The fourth-order valence-corrected chi connectivity index (χ4v) is 10.0. The Labute approximate surface area is 227 Å². The Bertz CT molecular complexity index is 1070. The molecule has 0 aliphatic heterocycles. The lowest BCUT2D eigenvalue weighted by atomic mass is 9.42. The van der Waals surface area contributed by atoms with Gasteiger partial charge >= 0.3 is 5.97 Å². The van der Waals surface area contributed by atoms with Crippen molar-refractivity contribution >= 4 is 11.8 Å². The minimum atomic E-state index is -1.44. The molecule has 0 amide bonds. The lowest BCUT2D eigenvalue weighted by Gasteiger charge is -2.63. The van der Waals surface area contributed by atoms with Gasteiger partial charge in [-0.15, -0.1) is 0 Å². The minimum Gasteiger partial charge on any atom is -0.496 e. The van der Waals surface area contributed by atoms with Crippen LogP contribution in [0.15, 0.2) is 24.3 Å². The Morgan fingerprint density at radius 1 is 1.05 bits per heavy atom. The van der Waals surface area contributed by atoms with Gasteiger partial charge in [-0.3, -0.25) is 9.59 Å². The predicted octanol–water partition coefficient (Wildman–Crippen LogP) is 5.74. The molecule has 1 aromatic rings. The Balaban J connectivity index is 1.36.